The summed E-state index contributed by atoms with van der Waals surface area (Å²) in [5.74, 6) is 1.47. The molecule has 0 radical (unpaired) electrons. The number of aryl methyl sites for hydroxylation is 1. The van der Waals surface area contributed by atoms with Crippen LogP contribution in [0.4, 0.5) is 24.7 Å². The van der Waals surface area contributed by atoms with Gasteiger partial charge in [-0.2, -0.15) is 18.4 Å². The van der Waals surface area contributed by atoms with Crippen molar-refractivity contribution in [3.8, 4) is 6.07 Å². The van der Waals surface area contributed by atoms with Gasteiger partial charge in [0.1, 0.15) is 5.71 Å². The number of anilines is 1. The Bertz CT molecular complexity index is 1470. The van der Waals surface area contributed by atoms with Gasteiger partial charge in [-0.15, -0.1) is 5.11 Å². The van der Waals surface area contributed by atoms with Gasteiger partial charge in [0.15, 0.2) is 5.82 Å². The molecular formula is C25H26ClF3N10O2. The number of carbonyl (C=O) groups is 2. The number of hydrogen-bond donors (Lipinski definition) is 4. The van der Waals surface area contributed by atoms with Gasteiger partial charge < -0.3 is 21.9 Å². The fourth-order valence-electron chi connectivity index (χ4n) is 3.21. The predicted molar refractivity (Wildman–Crippen MR) is 148 cm³/mol. The zero-order chi connectivity index (χ0) is 31.0. The smallest absolute Gasteiger partial charge is 0.347 e. The lowest BCUT2D eigenvalue weighted by Gasteiger charge is -2.22. The molecule has 2 rings (SSSR count). The van der Waals surface area contributed by atoms with Crippen LogP contribution < -0.4 is 16.5 Å². The van der Waals surface area contributed by atoms with Gasteiger partial charge in [-0.05, 0) is 57.5 Å². The van der Waals surface area contributed by atoms with Crippen LogP contribution >= 0.6 is 11.6 Å². The third-order valence-electron chi connectivity index (χ3n) is 4.88. The highest BCUT2D eigenvalue weighted by Crippen LogP contribution is 2.26. The Balaban J connectivity index is 2.52. The molecule has 0 fully saturated rings. The average molecular weight is 591 g/mol. The lowest BCUT2D eigenvalue weighted by Crippen LogP contribution is -2.41. The molecule has 0 aliphatic carbocycles. The number of rotatable bonds is 8. The van der Waals surface area contributed by atoms with Crippen molar-refractivity contribution in [2.45, 2.75) is 45.8 Å². The minimum absolute atomic E-state index is 0.0123. The van der Waals surface area contributed by atoms with Gasteiger partial charge in [0.2, 0.25) is 0 Å². The van der Waals surface area contributed by atoms with Gasteiger partial charge in [0, 0.05) is 23.9 Å². The van der Waals surface area contributed by atoms with Gasteiger partial charge in [-0.25, -0.2) is 9.98 Å². The number of pyridine rings is 1. The lowest BCUT2D eigenvalue weighted by atomic mass is 10.0. The van der Waals surface area contributed by atoms with Gasteiger partial charge in [0.05, 0.1) is 34.5 Å². The molecule has 0 saturated carbocycles. The number of aromatic nitrogens is 1. The third-order valence-corrected chi connectivity index (χ3v) is 5.18. The highest BCUT2D eigenvalue weighted by molar-refractivity contribution is 6.47. The Labute approximate surface area is 238 Å². The average Bonchev–Trinajstić information content (AvgIpc) is 2.86. The molecule has 0 unspecified atom stereocenters. The summed E-state index contributed by atoms with van der Waals surface area (Å²) in [5, 5.41) is 28.3. The van der Waals surface area contributed by atoms with Crippen LogP contribution in [0.5, 0.6) is 0 Å². The Morgan fingerprint density at radius 2 is 1.93 bits per heavy atom. The second kappa shape index (κ2) is 13.6. The number of alkyl halides is 3. The monoisotopic (exact) mass is 590 g/mol. The van der Waals surface area contributed by atoms with E-state index in [1.54, 1.807) is 27.7 Å². The van der Waals surface area contributed by atoms with Crippen LogP contribution in [0.2, 0.25) is 5.02 Å². The topological polar surface area (TPSA) is 194 Å². The molecular weight excluding hydrogens is 565 g/mol. The number of nitrogens with one attached hydrogen (secondary N) is 3. The predicted octanol–water partition coefficient (Wildman–Crippen LogP) is 4.85. The summed E-state index contributed by atoms with van der Waals surface area (Å²) in [5.41, 5.74) is -0.889. The largest absolute Gasteiger partial charge is 0.453 e. The van der Waals surface area contributed by atoms with Crippen molar-refractivity contribution in [3.05, 3.63) is 52.2 Å². The van der Waals surface area contributed by atoms with Crippen LogP contribution in [0.3, 0.4) is 0 Å². The highest BCUT2D eigenvalue weighted by Gasteiger charge is 2.36. The van der Waals surface area contributed by atoms with Crippen molar-refractivity contribution >= 4 is 52.2 Å². The first-order chi connectivity index (χ1) is 19.1. The van der Waals surface area contributed by atoms with Crippen LogP contribution in [0.15, 0.2) is 50.8 Å². The molecule has 0 atom stereocenters. The lowest BCUT2D eigenvalue weighted by molar-refractivity contribution is -0.110. The van der Waals surface area contributed by atoms with E-state index in [0.717, 1.165) is 0 Å². The summed E-state index contributed by atoms with van der Waals surface area (Å²) in [6.07, 6.45) is -4.20. The number of amidine groups is 1. The first-order valence-corrected chi connectivity index (χ1v) is 12.1. The number of halogens is 4. The molecule has 2 amide bonds. The molecule has 5 N–H and O–H groups in total. The van der Waals surface area contributed by atoms with Crippen LogP contribution in [-0.4, -0.2) is 52.3 Å². The summed E-state index contributed by atoms with van der Waals surface area (Å²) in [6, 6.07) is 7.68. The molecule has 0 aliphatic rings. The van der Waals surface area contributed by atoms with E-state index in [-0.39, 0.29) is 33.4 Å². The van der Waals surface area contributed by atoms with E-state index in [0.29, 0.717) is 5.56 Å². The summed E-state index contributed by atoms with van der Waals surface area (Å²) in [6.45, 7) is 6.00. The van der Waals surface area contributed by atoms with E-state index in [9.17, 15) is 28.0 Å². The van der Waals surface area contributed by atoms with Crippen molar-refractivity contribution < 1.29 is 22.8 Å². The minimum atomic E-state index is -4.98. The zero-order valence-corrected chi connectivity index (χ0v) is 23.1. The summed E-state index contributed by atoms with van der Waals surface area (Å²) >= 11 is 6.12. The third kappa shape index (κ3) is 9.76. The maximum atomic E-state index is 13.5. The first-order valence-electron chi connectivity index (χ1n) is 11.7. The van der Waals surface area contributed by atoms with Gasteiger partial charge >= 0.3 is 6.18 Å². The number of nitrogens with zero attached hydrogens (tertiary/aromatic N) is 6. The van der Waals surface area contributed by atoms with Gasteiger partial charge in [0.25, 0.3) is 17.6 Å². The van der Waals surface area contributed by atoms with Crippen molar-refractivity contribution in [1.29, 1.82) is 10.7 Å². The zero-order valence-electron chi connectivity index (χ0n) is 22.4. The molecule has 216 valence electrons. The Kier molecular flexibility index (Phi) is 10.8. The van der Waals surface area contributed by atoms with Crippen LogP contribution in [0.25, 0.3) is 0 Å². The molecule has 0 bridgehead atoms. The molecule has 1 heterocycles. The molecule has 1 aromatic carbocycles. The Hall–Kier alpha value is -4.71. The number of aliphatic imine (C=N–C) groups is 2. The van der Waals surface area contributed by atoms with E-state index in [4.69, 9.17) is 22.9 Å². The van der Waals surface area contributed by atoms with Crippen LogP contribution in [0, 0.1) is 23.7 Å². The number of hydrogen-bond acceptors (Lipinski definition) is 8. The van der Waals surface area contributed by atoms with Crippen LogP contribution in [0.1, 0.15) is 48.7 Å². The Morgan fingerprint density at radius 3 is 2.49 bits per heavy atom. The van der Waals surface area contributed by atoms with Crippen LogP contribution in [-0.2, 0) is 4.79 Å². The number of nitrogens with two attached hydrogens (primary N) is 1. The van der Waals surface area contributed by atoms with E-state index in [1.165, 1.54) is 30.5 Å². The first kappa shape index (κ1) is 32.5. The highest BCUT2D eigenvalue weighted by atomic mass is 35.5. The van der Waals surface area contributed by atoms with Crippen molar-refractivity contribution in [2.24, 2.45) is 26.2 Å². The normalized spacial score (nSPS) is 12.7. The number of carbonyl (C=O) groups excluding carboxylic acids is 2. The fraction of sp³-hybridized carbons (Fsp3) is 0.320. The quantitative estimate of drug-likeness (QED) is 0.112. The molecule has 0 saturated heterocycles. The van der Waals surface area contributed by atoms with Crippen molar-refractivity contribution in [2.75, 3.05) is 11.9 Å². The summed E-state index contributed by atoms with van der Waals surface area (Å²) in [7, 11) is 0. The maximum Gasteiger partial charge on any atom is 0.453 e. The van der Waals surface area contributed by atoms with E-state index >= 15 is 0 Å². The Morgan fingerprint density at radius 1 is 1.24 bits per heavy atom. The van der Waals surface area contributed by atoms with Gasteiger partial charge in [-0.3, -0.25) is 14.6 Å². The molecule has 0 aliphatic heterocycles. The van der Waals surface area contributed by atoms with E-state index < -0.39 is 48.0 Å². The second-order valence-corrected chi connectivity index (χ2v) is 9.89. The second-order valence-electron chi connectivity index (χ2n) is 9.49. The number of amides is 2. The fourth-order valence-corrected chi connectivity index (χ4v) is 3.37. The van der Waals surface area contributed by atoms with Crippen molar-refractivity contribution in [1.82, 2.24) is 10.3 Å². The molecule has 12 nitrogen and oxygen atoms in total. The van der Waals surface area contributed by atoms with E-state index in [1.807, 2.05) is 6.07 Å². The molecule has 16 heteroatoms. The summed E-state index contributed by atoms with van der Waals surface area (Å²) < 4.78 is 39.1. The molecule has 0 spiro atoms. The minimum Gasteiger partial charge on any atom is -0.347 e. The standard InChI is InChI=1S/C25H26ClF3N10O2/c1-13-8-14(11-30)9-16(21(40)37-24(2,3)4)19(13)36-22(41)18(35-20-17(26)6-5-7-33-20)10-15(31)12-34-23(38-39-32)25(27,28)29/h5-9,31H,10,12H2,1-4H3,(H,36,41)(H,37,40)(H2,32,34,38). The maximum absolute atomic E-state index is 13.5. The molecule has 2 aromatic rings. The molecule has 1 aromatic heterocycles. The molecule has 41 heavy (non-hydrogen) atoms. The summed E-state index contributed by atoms with van der Waals surface area (Å²) in [4.78, 5) is 37.9. The SMILES string of the molecule is Cc1cc(C#N)cc(C(=O)NC(C)(C)C)c1NC(=O)C(CC(=N)CN=C(N=NN)C(F)(F)F)=Nc1ncccc1Cl. The van der Waals surface area contributed by atoms with Gasteiger partial charge in [-0.1, -0.05) is 16.8 Å². The number of nitriles is 1. The number of benzene rings is 1. The van der Waals surface area contributed by atoms with E-state index in [2.05, 4.69) is 35.9 Å². The van der Waals surface area contributed by atoms with Crippen molar-refractivity contribution in [3.63, 3.8) is 0 Å².